The summed E-state index contributed by atoms with van der Waals surface area (Å²) in [5, 5.41) is 20.1. The molecule has 1 aliphatic rings. The molecule has 1 saturated heterocycles. The van der Waals surface area contributed by atoms with Crippen LogP contribution in [-0.2, 0) is 6.54 Å². The predicted molar refractivity (Wildman–Crippen MR) is 100 cm³/mol. The molecule has 0 atom stereocenters. The smallest absolute Gasteiger partial charge is 0.423 e. The van der Waals surface area contributed by atoms with Gasteiger partial charge in [-0.1, -0.05) is 53.5 Å². The molecule has 24 heavy (non-hydrogen) atoms. The molecule has 4 nitrogen and oxygen atoms in total. The zero-order valence-corrected chi connectivity index (χ0v) is 14.7. The van der Waals surface area contributed by atoms with Crippen molar-refractivity contribution in [3.63, 3.8) is 0 Å². The Morgan fingerprint density at radius 3 is 2.33 bits per heavy atom. The maximum Gasteiger partial charge on any atom is 0.488 e. The highest BCUT2D eigenvalue weighted by Crippen LogP contribution is 2.32. The summed E-state index contributed by atoms with van der Waals surface area (Å²) in [6.07, 6.45) is 0. The van der Waals surface area contributed by atoms with E-state index in [1.165, 1.54) is 0 Å². The van der Waals surface area contributed by atoms with E-state index in [0.717, 1.165) is 37.4 Å². The van der Waals surface area contributed by atoms with Gasteiger partial charge in [0, 0.05) is 32.7 Å². The van der Waals surface area contributed by atoms with E-state index in [4.69, 9.17) is 23.2 Å². The van der Waals surface area contributed by atoms with Gasteiger partial charge in [-0.25, -0.2) is 0 Å². The van der Waals surface area contributed by atoms with Gasteiger partial charge in [0.1, 0.15) is 0 Å². The predicted octanol–water partition coefficient (Wildman–Crippen LogP) is 2.00. The number of piperazine rings is 1. The van der Waals surface area contributed by atoms with Gasteiger partial charge < -0.3 is 14.9 Å². The largest absolute Gasteiger partial charge is 0.488 e. The van der Waals surface area contributed by atoms with Gasteiger partial charge in [-0.2, -0.15) is 0 Å². The summed E-state index contributed by atoms with van der Waals surface area (Å²) in [6, 6.07) is 13.1. The molecule has 2 aromatic carbocycles. The quantitative estimate of drug-likeness (QED) is 0.814. The molecule has 0 bridgehead atoms. The van der Waals surface area contributed by atoms with Crippen molar-refractivity contribution in [1.29, 1.82) is 0 Å². The fourth-order valence-electron chi connectivity index (χ4n) is 3.05. The first-order valence-corrected chi connectivity index (χ1v) is 8.67. The molecular formula is C17H19BCl2N2O2. The van der Waals surface area contributed by atoms with Crippen LogP contribution >= 0.6 is 23.2 Å². The van der Waals surface area contributed by atoms with Crippen molar-refractivity contribution in [3.05, 3.63) is 58.1 Å². The van der Waals surface area contributed by atoms with Gasteiger partial charge >= 0.3 is 7.12 Å². The third kappa shape index (κ3) is 3.87. The second-order valence-corrected chi connectivity index (χ2v) is 6.69. The summed E-state index contributed by atoms with van der Waals surface area (Å²) < 4.78 is 0. The first kappa shape index (κ1) is 17.6. The van der Waals surface area contributed by atoms with Gasteiger partial charge in [0.05, 0.1) is 15.7 Å². The minimum absolute atomic E-state index is 0.567. The summed E-state index contributed by atoms with van der Waals surface area (Å²) in [4.78, 5) is 4.54. The molecule has 3 rings (SSSR count). The van der Waals surface area contributed by atoms with Crippen LogP contribution in [0.5, 0.6) is 0 Å². The fourth-order valence-corrected chi connectivity index (χ4v) is 3.47. The summed E-state index contributed by atoms with van der Waals surface area (Å²) >= 11 is 12.4. The maximum absolute atomic E-state index is 9.48. The monoisotopic (exact) mass is 364 g/mol. The number of anilines is 1. The zero-order chi connectivity index (χ0) is 17.1. The van der Waals surface area contributed by atoms with Crippen molar-refractivity contribution < 1.29 is 10.0 Å². The summed E-state index contributed by atoms with van der Waals surface area (Å²) in [5.74, 6) is 0. The number of nitrogens with zero attached hydrogens (tertiary/aromatic N) is 2. The average Bonchev–Trinajstić information content (AvgIpc) is 2.58. The van der Waals surface area contributed by atoms with Gasteiger partial charge in [0.15, 0.2) is 0 Å². The Kier molecular flexibility index (Phi) is 5.69. The van der Waals surface area contributed by atoms with Gasteiger partial charge in [0.25, 0.3) is 0 Å². The van der Waals surface area contributed by atoms with E-state index in [9.17, 15) is 10.0 Å². The van der Waals surface area contributed by atoms with Gasteiger partial charge in [-0.05, 0) is 23.2 Å². The van der Waals surface area contributed by atoms with Crippen LogP contribution in [0.4, 0.5) is 5.69 Å². The molecule has 0 saturated carbocycles. The highest BCUT2D eigenvalue weighted by Gasteiger charge is 2.22. The lowest BCUT2D eigenvalue weighted by molar-refractivity contribution is 0.250. The number of rotatable bonds is 4. The molecule has 0 amide bonds. The molecule has 0 unspecified atom stereocenters. The molecule has 7 heteroatoms. The van der Waals surface area contributed by atoms with Crippen LogP contribution < -0.4 is 10.4 Å². The second-order valence-electron chi connectivity index (χ2n) is 5.91. The van der Waals surface area contributed by atoms with Crippen LogP contribution in [0.2, 0.25) is 10.0 Å². The third-order valence-corrected chi connectivity index (χ3v) is 5.18. The molecule has 126 valence electrons. The number of benzene rings is 2. The SMILES string of the molecule is OB(O)c1ccccc1CN1CCN(c2cccc(Cl)c2Cl)CC1. The summed E-state index contributed by atoms with van der Waals surface area (Å²) in [5.41, 5.74) is 2.48. The molecule has 2 aromatic rings. The van der Waals surface area contributed by atoms with Crippen molar-refractivity contribution in [2.24, 2.45) is 0 Å². The molecule has 0 radical (unpaired) electrons. The van der Waals surface area contributed by atoms with E-state index < -0.39 is 7.12 Å². The molecule has 1 aliphatic heterocycles. The summed E-state index contributed by atoms with van der Waals surface area (Å²) in [7, 11) is -1.44. The molecule has 2 N–H and O–H groups in total. The molecule has 0 aliphatic carbocycles. The normalized spacial score (nSPS) is 15.6. The Morgan fingerprint density at radius 1 is 0.917 bits per heavy atom. The Bertz CT molecular complexity index is 707. The van der Waals surface area contributed by atoms with Crippen LogP contribution in [0.25, 0.3) is 0 Å². The highest BCUT2D eigenvalue weighted by atomic mass is 35.5. The lowest BCUT2D eigenvalue weighted by atomic mass is 9.77. The topological polar surface area (TPSA) is 46.9 Å². The van der Waals surface area contributed by atoms with Crippen LogP contribution in [0.15, 0.2) is 42.5 Å². The average molecular weight is 365 g/mol. The first-order chi connectivity index (χ1) is 11.6. The second kappa shape index (κ2) is 7.76. The van der Waals surface area contributed by atoms with Crippen LogP contribution in [0.1, 0.15) is 5.56 Å². The Balaban J connectivity index is 1.65. The van der Waals surface area contributed by atoms with Gasteiger partial charge in [-0.15, -0.1) is 0 Å². The standard InChI is InChI=1S/C17H19BCl2N2O2/c19-15-6-3-7-16(17(15)20)22-10-8-21(9-11-22)12-13-4-1-2-5-14(13)18(23)24/h1-7,23-24H,8-12H2. The van der Waals surface area contributed by atoms with E-state index in [2.05, 4.69) is 9.80 Å². The Labute approximate surface area is 152 Å². The highest BCUT2D eigenvalue weighted by molar-refractivity contribution is 6.59. The lowest BCUT2D eigenvalue weighted by Crippen LogP contribution is -2.47. The zero-order valence-electron chi connectivity index (χ0n) is 13.2. The molecule has 0 spiro atoms. The van der Waals surface area contributed by atoms with E-state index in [-0.39, 0.29) is 0 Å². The van der Waals surface area contributed by atoms with Crippen molar-refractivity contribution >= 4 is 41.5 Å². The van der Waals surface area contributed by atoms with Gasteiger partial charge in [-0.3, -0.25) is 4.90 Å². The maximum atomic E-state index is 9.48. The number of hydrogen-bond acceptors (Lipinski definition) is 4. The van der Waals surface area contributed by atoms with Crippen LogP contribution in [0, 0.1) is 0 Å². The molecular weight excluding hydrogens is 346 g/mol. The van der Waals surface area contributed by atoms with E-state index in [0.29, 0.717) is 22.1 Å². The number of hydrogen-bond donors (Lipinski definition) is 2. The Hall–Kier alpha value is -1.24. The third-order valence-electron chi connectivity index (χ3n) is 4.37. The van der Waals surface area contributed by atoms with E-state index in [1.807, 2.05) is 30.3 Å². The van der Waals surface area contributed by atoms with Crippen molar-refractivity contribution in [2.45, 2.75) is 6.54 Å². The van der Waals surface area contributed by atoms with Crippen molar-refractivity contribution in [3.8, 4) is 0 Å². The lowest BCUT2D eigenvalue weighted by Gasteiger charge is -2.36. The van der Waals surface area contributed by atoms with Crippen molar-refractivity contribution in [1.82, 2.24) is 4.90 Å². The first-order valence-electron chi connectivity index (χ1n) is 7.91. The molecule has 1 heterocycles. The molecule has 1 fully saturated rings. The minimum atomic E-state index is -1.44. The van der Waals surface area contributed by atoms with Crippen molar-refractivity contribution in [2.75, 3.05) is 31.1 Å². The Morgan fingerprint density at radius 2 is 1.62 bits per heavy atom. The van der Waals surface area contributed by atoms with Crippen LogP contribution in [0.3, 0.4) is 0 Å². The van der Waals surface area contributed by atoms with Gasteiger partial charge in [0.2, 0.25) is 0 Å². The number of halogens is 2. The van der Waals surface area contributed by atoms with Crippen LogP contribution in [-0.4, -0.2) is 48.2 Å². The summed E-state index contributed by atoms with van der Waals surface area (Å²) in [6.45, 7) is 4.15. The minimum Gasteiger partial charge on any atom is -0.423 e. The van der Waals surface area contributed by atoms with E-state index >= 15 is 0 Å². The van der Waals surface area contributed by atoms with E-state index in [1.54, 1.807) is 12.1 Å². The fraction of sp³-hybridized carbons (Fsp3) is 0.294. The molecule has 0 aromatic heterocycles.